The van der Waals surface area contributed by atoms with E-state index in [-0.39, 0.29) is 46.5 Å². The van der Waals surface area contributed by atoms with Crippen molar-refractivity contribution in [1.29, 1.82) is 0 Å². The molecule has 3 aliphatic rings. The Morgan fingerprint density at radius 1 is 0.966 bits per heavy atom. The van der Waals surface area contributed by atoms with Crippen LogP contribution in [-0.2, 0) is 21.7 Å². The van der Waals surface area contributed by atoms with Gasteiger partial charge in [0.25, 0.3) is 0 Å². The number of fused-ring (bicyclic) bond motifs is 3. The van der Waals surface area contributed by atoms with Gasteiger partial charge < -0.3 is 24.8 Å². The third kappa shape index (κ3) is 4.02. The van der Waals surface area contributed by atoms with E-state index >= 15 is 0 Å². The Morgan fingerprint density at radius 2 is 1.69 bits per heavy atom. The van der Waals surface area contributed by atoms with Crippen molar-refractivity contribution >= 4 is 13.6 Å². The van der Waals surface area contributed by atoms with Gasteiger partial charge in [-0.05, 0) is 22.2 Å². The minimum absolute atomic E-state index is 0. The van der Waals surface area contributed by atoms with Crippen LogP contribution in [0.15, 0.2) is 54.6 Å². The molecule has 1 atom stereocenters. The normalized spacial score (nSPS) is 19.6. The minimum atomic E-state index is -1.28. The van der Waals surface area contributed by atoms with Crippen LogP contribution in [0.2, 0.25) is 18.1 Å². The summed E-state index contributed by atoms with van der Waals surface area (Å²) in [6, 6.07) is 20.8. The Balaban J connectivity index is 0.000001000. The van der Waals surface area contributed by atoms with E-state index in [4.69, 9.17) is 0 Å². The molecule has 2 aliphatic carbocycles. The van der Waals surface area contributed by atoms with Crippen molar-refractivity contribution in [3.63, 3.8) is 0 Å². The molecule has 0 N–H and O–H groups in total. The van der Waals surface area contributed by atoms with E-state index < -0.39 is 8.07 Å². The van der Waals surface area contributed by atoms with Gasteiger partial charge in [-0.1, -0.05) is 92.7 Å². The van der Waals surface area contributed by atoms with Crippen molar-refractivity contribution in [3.05, 3.63) is 77.4 Å². The van der Waals surface area contributed by atoms with Gasteiger partial charge in [-0.2, -0.15) is 17.7 Å². The second kappa shape index (κ2) is 10.2. The van der Waals surface area contributed by atoms with Gasteiger partial charge >= 0.3 is 21.7 Å². The number of allylic oxidation sites excluding steroid dienone is 4. The number of benzene rings is 2. The molecule has 0 bridgehead atoms. The van der Waals surface area contributed by atoms with Crippen molar-refractivity contribution in [1.82, 2.24) is 0 Å². The summed E-state index contributed by atoms with van der Waals surface area (Å²) in [6.45, 7) is 2.35. The fourth-order valence-electron chi connectivity index (χ4n) is 5.56. The molecule has 1 heterocycles. The van der Waals surface area contributed by atoms with Crippen LogP contribution in [0.3, 0.4) is 0 Å². The maximum absolute atomic E-state index is 3.60. The summed E-state index contributed by atoms with van der Waals surface area (Å²) < 4.78 is 0. The fourth-order valence-corrected chi connectivity index (χ4v) is 11.1. The number of hydrogen-bond acceptors (Lipinski definition) is 0. The van der Waals surface area contributed by atoms with Gasteiger partial charge in [-0.3, -0.25) is 0 Å². The molecule has 1 aliphatic heterocycles. The molecule has 1 saturated heterocycles. The molecule has 0 nitrogen and oxygen atoms in total. The van der Waals surface area contributed by atoms with Crippen molar-refractivity contribution in [2.24, 2.45) is 0 Å². The van der Waals surface area contributed by atoms with Gasteiger partial charge in [0, 0.05) is 0 Å². The predicted molar refractivity (Wildman–Crippen MR) is 114 cm³/mol. The number of unbranched alkanes of at least 4 members (excludes halogenated alkanes) is 1. The molecule has 2 aromatic carbocycles. The summed E-state index contributed by atoms with van der Waals surface area (Å²) in [5, 5.41) is 0. The van der Waals surface area contributed by atoms with Crippen LogP contribution in [0.25, 0.3) is 16.7 Å². The molecule has 29 heavy (non-hydrogen) atoms. The third-order valence-corrected chi connectivity index (χ3v) is 12.8. The molecule has 0 spiro atoms. The van der Waals surface area contributed by atoms with Crippen LogP contribution in [0, 0.1) is 6.08 Å². The van der Waals surface area contributed by atoms with Crippen molar-refractivity contribution in [3.8, 4) is 11.1 Å². The SMILES string of the molecule is CCCC[Si]1(C2c3ccccc3-c3cccc(C4=[C-]CC=C4)c32)CCC1.[Cl-].[Cl-].[Ti+3]. The van der Waals surface area contributed by atoms with Gasteiger partial charge in [-0.25, -0.2) is 0 Å². The number of hydrogen-bond donors (Lipinski definition) is 0. The summed E-state index contributed by atoms with van der Waals surface area (Å²) in [5.41, 5.74) is 9.81. The van der Waals surface area contributed by atoms with Crippen LogP contribution < -0.4 is 24.8 Å². The van der Waals surface area contributed by atoms with Crippen LogP contribution in [0.4, 0.5) is 0 Å². The van der Waals surface area contributed by atoms with Gasteiger partial charge in [0.05, 0.1) is 8.07 Å². The Bertz CT molecular complexity index is 915. The first-order valence-electron chi connectivity index (χ1n) is 10.3. The third-order valence-electron chi connectivity index (χ3n) is 6.93. The zero-order valence-electron chi connectivity index (χ0n) is 17.0. The van der Waals surface area contributed by atoms with E-state index in [1.807, 2.05) is 0 Å². The molecule has 1 unspecified atom stereocenters. The zero-order valence-corrected chi connectivity index (χ0v) is 21.1. The summed E-state index contributed by atoms with van der Waals surface area (Å²) in [5.74, 6) is 0. The molecule has 149 valence electrons. The van der Waals surface area contributed by atoms with E-state index in [2.05, 4.69) is 67.6 Å². The van der Waals surface area contributed by atoms with Crippen molar-refractivity contribution in [2.45, 2.75) is 56.3 Å². The molecule has 0 amide bonds. The van der Waals surface area contributed by atoms with Gasteiger partial charge in [0.1, 0.15) is 0 Å². The average molecular weight is 474 g/mol. The summed E-state index contributed by atoms with van der Waals surface area (Å²) in [4.78, 5) is 0. The summed E-state index contributed by atoms with van der Waals surface area (Å²) >= 11 is 0. The van der Waals surface area contributed by atoms with Crippen molar-refractivity contribution < 1.29 is 46.5 Å². The number of rotatable bonds is 5. The van der Waals surface area contributed by atoms with E-state index in [0.29, 0.717) is 5.54 Å². The zero-order chi connectivity index (χ0) is 17.6. The average Bonchev–Trinajstić information content (AvgIpc) is 3.28. The Morgan fingerprint density at radius 3 is 2.34 bits per heavy atom. The van der Waals surface area contributed by atoms with Crippen LogP contribution in [-0.4, -0.2) is 8.07 Å². The topological polar surface area (TPSA) is 0 Å². The first-order valence-corrected chi connectivity index (χ1v) is 13.0. The fraction of sp³-hybridized carbons (Fsp3) is 0.360. The molecular formula is C25H27Cl2SiTi. The van der Waals surface area contributed by atoms with Crippen LogP contribution >= 0.6 is 0 Å². The van der Waals surface area contributed by atoms with Crippen LogP contribution in [0.1, 0.15) is 54.8 Å². The summed E-state index contributed by atoms with van der Waals surface area (Å²) in [6.07, 6.45) is 13.3. The number of halogens is 2. The van der Waals surface area contributed by atoms with E-state index in [1.165, 1.54) is 59.7 Å². The van der Waals surface area contributed by atoms with E-state index in [1.54, 1.807) is 11.1 Å². The standard InChI is InChI=1S/C25H27Si.2ClH.Ti/c1-2-3-16-26(17-9-18-26)25-23-13-7-6-12-21(23)22-15-8-14-20(24(22)25)19-10-4-5-11-19;;;/h4,6-8,10,12-15,25H,2-3,5,9,16-18H2,1H3;2*1H;/q-1;;;+3/p-2. The smallest absolute Gasteiger partial charge is 1.00 e. The minimum Gasteiger partial charge on any atom is -1.00 e. The molecule has 0 saturated carbocycles. The maximum Gasteiger partial charge on any atom is 3.00 e. The second-order valence-electron chi connectivity index (χ2n) is 8.30. The van der Waals surface area contributed by atoms with Crippen molar-refractivity contribution in [2.75, 3.05) is 0 Å². The monoisotopic (exact) mass is 473 g/mol. The maximum atomic E-state index is 3.60. The molecule has 4 heteroatoms. The van der Waals surface area contributed by atoms with Gasteiger partial charge in [-0.15, -0.1) is 17.7 Å². The summed E-state index contributed by atoms with van der Waals surface area (Å²) in [7, 11) is -1.28. The van der Waals surface area contributed by atoms with Crippen LogP contribution in [0.5, 0.6) is 0 Å². The molecule has 2 aromatic rings. The molecule has 1 radical (unpaired) electrons. The first-order chi connectivity index (χ1) is 12.8. The van der Waals surface area contributed by atoms with E-state index in [0.717, 1.165) is 6.42 Å². The Kier molecular flexibility index (Phi) is 8.65. The van der Waals surface area contributed by atoms with E-state index in [9.17, 15) is 0 Å². The first kappa shape index (κ1) is 24.7. The molecule has 1 fully saturated rings. The van der Waals surface area contributed by atoms with Gasteiger partial charge in [0.2, 0.25) is 0 Å². The predicted octanol–water partition coefficient (Wildman–Crippen LogP) is 1.14. The molecule has 5 rings (SSSR count). The second-order valence-corrected chi connectivity index (χ2v) is 13.1. The molecule has 0 aromatic heterocycles. The Labute approximate surface area is 204 Å². The largest absolute Gasteiger partial charge is 3.00 e. The Hall–Kier alpha value is -0.569. The molecular weight excluding hydrogens is 447 g/mol. The quantitative estimate of drug-likeness (QED) is 0.451. The van der Waals surface area contributed by atoms with Gasteiger partial charge in [0.15, 0.2) is 0 Å².